The van der Waals surface area contributed by atoms with Gasteiger partial charge in [-0.25, -0.2) is 0 Å². The Morgan fingerprint density at radius 3 is 3.19 bits per heavy atom. The third kappa shape index (κ3) is 3.01. The van der Waals surface area contributed by atoms with E-state index in [2.05, 4.69) is 20.9 Å². The molecule has 2 unspecified atom stereocenters. The van der Waals surface area contributed by atoms with Gasteiger partial charge >= 0.3 is 0 Å². The second kappa shape index (κ2) is 5.05. The number of carbonyl (C=O) groups excluding carboxylic acids is 1. The lowest BCUT2D eigenvalue weighted by Gasteiger charge is -2.30. The highest BCUT2D eigenvalue weighted by Gasteiger charge is 2.21. The number of aromatic nitrogens is 1. The third-order valence-corrected chi connectivity index (χ3v) is 2.48. The summed E-state index contributed by atoms with van der Waals surface area (Å²) < 4.78 is 0. The summed E-state index contributed by atoms with van der Waals surface area (Å²) in [5.74, 6) is 0.0786. The Bertz CT molecular complexity index is 354. The molecule has 1 fully saturated rings. The van der Waals surface area contributed by atoms with Crippen LogP contribution in [0.25, 0.3) is 0 Å². The van der Waals surface area contributed by atoms with Crippen LogP contribution in [-0.4, -0.2) is 23.2 Å². The molecule has 5 nitrogen and oxygen atoms in total. The van der Waals surface area contributed by atoms with Crippen LogP contribution in [0.15, 0.2) is 24.5 Å². The van der Waals surface area contributed by atoms with Gasteiger partial charge in [0.05, 0.1) is 0 Å². The number of rotatable bonds is 3. The highest BCUT2D eigenvalue weighted by Crippen LogP contribution is 1.99. The Morgan fingerprint density at radius 1 is 1.62 bits per heavy atom. The Labute approximate surface area is 94.6 Å². The van der Waals surface area contributed by atoms with Crippen molar-refractivity contribution >= 4 is 5.91 Å². The third-order valence-electron chi connectivity index (χ3n) is 2.48. The molecule has 0 saturated carbocycles. The van der Waals surface area contributed by atoms with Crippen LogP contribution < -0.4 is 16.0 Å². The van der Waals surface area contributed by atoms with Crippen LogP contribution in [0, 0.1) is 0 Å². The van der Waals surface area contributed by atoms with E-state index in [0.29, 0.717) is 13.0 Å². The van der Waals surface area contributed by atoms with E-state index in [1.807, 2.05) is 19.1 Å². The van der Waals surface area contributed by atoms with Crippen LogP contribution in [0.3, 0.4) is 0 Å². The molecule has 86 valence electrons. The van der Waals surface area contributed by atoms with E-state index in [1.54, 1.807) is 12.4 Å². The molecule has 0 radical (unpaired) electrons. The molecule has 2 atom stereocenters. The van der Waals surface area contributed by atoms with Gasteiger partial charge in [0.1, 0.15) is 6.29 Å². The van der Waals surface area contributed by atoms with Crippen LogP contribution in [-0.2, 0) is 11.3 Å². The van der Waals surface area contributed by atoms with Crippen molar-refractivity contribution < 1.29 is 4.79 Å². The standard InChI is InChI=1S/C11H16N4O/c1-8-5-10(16)15-11(14-8)13-7-9-3-2-4-12-6-9/h2-4,6,8,11,13-14H,5,7H2,1H3,(H,15,16). The molecule has 0 bridgehead atoms. The number of amides is 1. The Balaban J connectivity index is 1.84. The van der Waals surface area contributed by atoms with Crippen molar-refractivity contribution in [1.82, 2.24) is 20.9 Å². The van der Waals surface area contributed by atoms with Gasteiger partial charge in [0.15, 0.2) is 0 Å². The summed E-state index contributed by atoms with van der Waals surface area (Å²) in [4.78, 5) is 15.3. The van der Waals surface area contributed by atoms with Crippen molar-refractivity contribution in [3.8, 4) is 0 Å². The van der Waals surface area contributed by atoms with Gasteiger partial charge in [-0.2, -0.15) is 0 Å². The fraction of sp³-hybridized carbons (Fsp3) is 0.455. The van der Waals surface area contributed by atoms with Gasteiger partial charge in [0, 0.05) is 31.4 Å². The number of carbonyl (C=O) groups is 1. The first kappa shape index (κ1) is 11.0. The van der Waals surface area contributed by atoms with E-state index in [1.165, 1.54) is 0 Å². The van der Waals surface area contributed by atoms with Gasteiger partial charge in [-0.15, -0.1) is 0 Å². The molecule has 0 aromatic carbocycles. The summed E-state index contributed by atoms with van der Waals surface area (Å²) in [7, 11) is 0. The molecule has 2 heterocycles. The second-order valence-corrected chi connectivity index (χ2v) is 4.01. The quantitative estimate of drug-likeness (QED) is 0.668. The van der Waals surface area contributed by atoms with Crippen molar-refractivity contribution in [2.45, 2.75) is 32.2 Å². The maximum Gasteiger partial charge on any atom is 0.223 e. The predicted octanol–water partition coefficient (Wildman–Crippen LogP) is -0.0472. The minimum absolute atomic E-state index is 0.0786. The largest absolute Gasteiger partial charge is 0.328 e. The highest BCUT2D eigenvalue weighted by atomic mass is 16.2. The Morgan fingerprint density at radius 2 is 2.50 bits per heavy atom. The lowest BCUT2D eigenvalue weighted by molar-refractivity contribution is -0.124. The van der Waals surface area contributed by atoms with E-state index in [0.717, 1.165) is 5.56 Å². The summed E-state index contributed by atoms with van der Waals surface area (Å²) in [5.41, 5.74) is 1.09. The molecule has 1 saturated heterocycles. The second-order valence-electron chi connectivity index (χ2n) is 4.01. The minimum Gasteiger partial charge on any atom is -0.328 e. The van der Waals surface area contributed by atoms with E-state index in [9.17, 15) is 4.79 Å². The van der Waals surface area contributed by atoms with Gasteiger partial charge < -0.3 is 5.32 Å². The Kier molecular flexibility index (Phi) is 3.48. The predicted molar refractivity (Wildman–Crippen MR) is 60.2 cm³/mol. The monoisotopic (exact) mass is 220 g/mol. The van der Waals surface area contributed by atoms with Crippen LogP contribution in [0.2, 0.25) is 0 Å². The molecule has 1 amide bonds. The van der Waals surface area contributed by atoms with Crippen molar-refractivity contribution in [2.75, 3.05) is 0 Å². The van der Waals surface area contributed by atoms with Crippen molar-refractivity contribution in [2.24, 2.45) is 0 Å². The normalized spacial score (nSPS) is 25.2. The first-order chi connectivity index (χ1) is 7.74. The van der Waals surface area contributed by atoms with Gasteiger partial charge in [-0.05, 0) is 18.6 Å². The maximum atomic E-state index is 11.3. The molecular weight excluding hydrogens is 204 g/mol. The topological polar surface area (TPSA) is 66.0 Å². The molecular formula is C11H16N4O. The van der Waals surface area contributed by atoms with E-state index < -0.39 is 0 Å². The SMILES string of the molecule is CC1CC(=O)NC(NCc2cccnc2)N1. The van der Waals surface area contributed by atoms with E-state index in [4.69, 9.17) is 0 Å². The number of nitrogens with one attached hydrogen (secondary N) is 3. The molecule has 1 aliphatic heterocycles. The Hall–Kier alpha value is -1.46. The average molecular weight is 220 g/mol. The van der Waals surface area contributed by atoms with Gasteiger partial charge in [-0.1, -0.05) is 6.07 Å². The summed E-state index contributed by atoms with van der Waals surface area (Å²) in [6.07, 6.45) is 3.93. The fourth-order valence-corrected chi connectivity index (χ4v) is 1.72. The number of nitrogens with zero attached hydrogens (tertiary/aromatic N) is 1. The number of hydrogen-bond acceptors (Lipinski definition) is 4. The zero-order valence-electron chi connectivity index (χ0n) is 9.23. The number of pyridine rings is 1. The molecule has 1 aromatic heterocycles. The molecule has 5 heteroatoms. The smallest absolute Gasteiger partial charge is 0.223 e. The molecule has 16 heavy (non-hydrogen) atoms. The van der Waals surface area contributed by atoms with Crippen LogP contribution >= 0.6 is 0 Å². The summed E-state index contributed by atoms with van der Waals surface area (Å²) in [5, 5.41) is 9.30. The zero-order chi connectivity index (χ0) is 11.4. The van der Waals surface area contributed by atoms with Gasteiger partial charge in [0.2, 0.25) is 5.91 Å². The lowest BCUT2D eigenvalue weighted by atomic mass is 10.2. The fourth-order valence-electron chi connectivity index (χ4n) is 1.72. The molecule has 0 aliphatic carbocycles. The van der Waals surface area contributed by atoms with Gasteiger partial charge in [-0.3, -0.25) is 20.4 Å². The van der Waals surface area contributed by atoms with E-state index >= 15 is 0 Å². The van der Waals surface area contributed by atoms with Crippen molar-refractivity contribution in [1.29, 1.82) is 0 Å². The average Bonchev–Trinajstić information content (AvgIpc) is 2.27. The summed E-state index contributed by atoms with van der Waals surface area (Å²) in [6.45, 7) is 2.68. The van der Waals surface area contributed by atoms with Crippen LogP contribution in [0.4, 0.5) is 0 Å². The number of hydrogen-bond donors (Lipinski definition) is 3. The summed E-state index contributed by atoms with van der Waals surface area (Å²) >= 11 is 0. The molecule has 3 N–H and O–H groups in total. The van der Waals surface area contributed by atoms with Gasteiger partial charge in [0.25, 0.3) is 0 Å². The first-order valence-electron chi connectivity index (χ1n) is 5.42. The maximum absolute atomic E-state index is 11.3. The zero-order valence-corrected chi connectivity index (χ0v) is 9.23. The minimum atomic E-state index is -0.156. The van der Waals surface area contributed by atoms with E-state index in [-0.39, 0.29) is 18.2 Å². The lowest BCUT2D eigenvalue weighted by Crippen LogP contribution is -2.61. The van der Waals surface area contributed by atoms with Crippen LogP contribution in [0.1, 0.15) is 18.9 Å². The molecule has 0 spiro atoms. The molecule has 1 aromatic rings. The first-order valence-corrected chi connectivity index (χ1v) is 5.42. The molecule has 2 rings (SSSR count). The highest BCUT2D eigenvalue weighted by molar-refractivity contribution is 5.77. The van der Waals surface area contributed by atoms with Crippen molar-refractivity contribution in [3.05, 3.63) is 30.1 Å². The van der Waals surface area contributed by atoms with Crippen LogP contribution in [0.5, 0.6) is 0 Å². The molecule has 1 aliphatic rings. The summed E-state index contributed by atoms with van der Waals surface area (Å²) in [6, 6.07) is 4.10. The van der Waals surface area contributed by atoms with Crippen molar-refractivity contribution in [3.63, 3.8) is 0 Å².